The summed E-state index contributed by atoms with van der Waals surface area (Å²) < 4.78 is 10.2. The van der Waals surface area contributed by atoms with Gasteiger partial charge >= 0.3 is 0 Å². The molecule has 6 rings (SSSR count). The molecule has 2 N–H and O–H groups in total. The zero-order valence-corrected chi connectivity index (χ0v) is 19.4. The third-order valence-corrected chi connectivity index (χ3v) is 8.60. The molecule has 34 heavy (non-hydrogen) atoms. The van der Waals surface area contributed by atoms with Crippen molar-refractivity contribution in [3.8, 4) is 11.5 Å². The molecular weight excluding hydrogens is 434 g/mol. The number of fused-ring (bicyclic) bond motifs is 6. The van der Waals surface area contributed by atoms with Crippen LogP contribution >= 0.6 is 0 Å². The van der Waals surface area contributed by atoms with Gasteiger partial charge in [0.15, 0.2) is 11.5 Å². The molecular formula is C26H29N3O5. The highest BCUT2D eigenvalue weighted by atomic mass is 16.6. The van der Waals surface area contributed by atoms with Crippen LogP contribution in [0, 0.1) is 17.3 Å². The van der Waals surface area contributed by atoms with Gasteiger partial charge in [0.05, 0.1) is 18.9 Å². The number of phenols is 1. The van der Waals surface area contributed by atoms with Gasteiger partial charge in [-0.25, -0.2) is 4.63 Å². The number of hydrogen-bond donors (Lipinski definition) is 2. The predicted octanol–water partition coefficient (Wildman–Crippen LogP) is 4.53. The van der Waals surface area contributed by atoms with Crippen LogP contribution in [0.1, 0.15) is 61.6 Å². The minimum Gasteiger partial charge on any atom is -0.504 e. The number of aromatic hydroxyl groups is 1. The molecule has 178 valence electrons. The monoisotopic (exact) mass is 463 g/mol. The Morgan fingerprint density at radius 1 is 1.15 bits per heavy atom. The van der Waals surface area contributed by atoms with Crippen LogP contribution in [0.2, 0.25) is 0 Å². The van der Waals surface area contributed by atoms with E-state index >= 15 is 0 Å². The second-order valence-electron chi connectivity index (χ2n) is 10.2. The number of aliphatic hydroxyl groups is 1. The Hall–Kier alpha value is -3.13. The van der Waals surface area contributed by atoms with Crippen molar-refractivity contribution in [1.82, 2.24) is 10.3 Å². The van der Waals surface area contributed by atoms with Gasteiger partial charge in [0, 0.05) is 5.56 Å². The summed E-state index contributed by atoms with van der Waals surface area (Å²) in [4.78, 5) is 5.82. The van der Waals surface area contributed by atoms with Gasteiger partial charge in [-0.05, 0) is 101 Å². The number of aliphatic hydroxyl groups excluding tert-OH is 1. The van der Waals surface area contributed by atoms with Crippen LogP contribution in [0.3, 0.4) is 0 Å². The Kier molecular flexibility index (Phi) is 5.02. The van der Waals surface area contributed by atoms with Gasteiger partial charge < -0.3 is 19.8 Å². The maximum atomic E-state index is 10.8. The second-order valence-corrected chi connectivity index (χ2v) is 10.2. The van der Waals surface area contributed by atoms with Gasteiger partial charge in [0.2, 0.25) is 0 Å². The highest BCUT2D eigenvalue weighted by molar-refractivity contribution is 6.03. The predicted molar refractivity (Wildman–Crippen MR) is 125 cm³/mol. The Labute approximate surface area is 197 Å². The molecule has 2 fully saturated rings. The molecule has 8 nitrogen and oxygen atoms in total. The molecule has 0 unspecified atom stereocenters. The van der Waals surface area contributed by atoms with Crippen molar-refractivity contribution in [3.63, 3.8) is 0 Å². The average molecular weight is 464 g/mol. The maximum Gasteiger partial charge on any atom is 0.160 e. The number of hydrogen-bond acceptors (Lipinski definition) is 8. The summed E-state index contributed by atoms with van der Waals surface area (Å²) in [7, 11) is 1.58. The molecule has 1 heterocycles. The number of oxime groups is 1. The van der Waals surface area contributed by atoms with E-state index in [9.17, 15) is 10.2 Å². The molecule has 0 amide bonds. The standard InChI is InChI=1S/C26H29N3O5/c1-26-8-7-15-16-12-24(32-2)23(30)11-18(16)21(10-17(15)19(26)4-6-25(26)31)27-33-13-14-3-5-20-22(9-14)29-34-28-20/h3,5,9,11-12,15,17,19,25,30-31H,4,6-8,10,13H2,1-2H3/t15-,17-,19+,25-,26+/m1/s1. The zero-order chi connectivity index (χ0) is 23.4. The summed E-state index contributed by atoms with van der Waals surface area (Å²) >= 11 is 0. The fraction of sp³-hybridized carbons (Fsp3) is 0.500. The molecule has 5 atom stereocenters. The third kappa shape index (κ3) is 3.27. The van der Waals surface area contributed by atoms with Gasteiger partial charge in [-0.15, -0.1) is 0 Å². The van der Waals surface area contributed by atoms with E-state index < -0.39 is 0 Å². The highest BCUT2D eigenvalue weighted by Crippen LogP contribution is 2.61. The van der Waals surface area contributed by atoms with E-state index in [1.54, 1.807) is 13.2 Å². The highest BCUT2D eigenvalue weighted by Gasteiger charge is 2.55. The van der Waals surface area contributed by atoms with E-state index in [1.165, 1.54) is 0 Å². The number of methoxy groups -OCH3 is 1. The number of aromatic nitrogens is 2. The van der Waals surface area contributed by atoms with Crippen LogP contribution in [-0.2, 0) is 11.4 Å². The normalized spacial score (nSPS) is 31.2. The van der Waals surface area contributed by atoms with Crippen molar-refractivity contribution in [3.05, 3.63) is 47.0 Å². The molecule has 8 heteroatoms. The maximum absolute atomic E-state index is 10.8. The van der Waals surface area contributed by atoms with Crippen molar-refractivity contribution in [2.45, 2.75) is 57.7 Å². The first-order valence-corrected chi connectivity index (χ1v) is 12.0. The van der Waals surface area contributed by atoms with Crippen molar-refractivity contribution in [1.29, 1.82) is 0 Å². The lowest BCUT2D eigenvalue weighted by Crippen LogP contribution is -2.45. The molecule has 0 spiro atoms. The van der Waals surface area contributed by atoms with Crippen LogP contribution in [0.15, 0.2) is 40.1 Å². The van der Waals surface area contributed by atoms with Crippen LogP contribution in [0.25, 0.3) is 11.0 Å². The Balaban J connectivity index is 1.34. The van der Waals surface area contributed by atoms with Gasteiger partial charge in [-0.1, -0.05) is 18.1 Å². The number of ether oxygens (including phenoxy) is 1. The minimum absolute atomic E-state index is 0.0489. The summed E-state index contributed by atoms with van der Waals surface area (Å²) in [5.74, 6) is 1.75. The first-order chi connectivity index (χ1) is 16.5. The summed E-state index contributed by atoms with van der Waals surface area (Å²) in [6.07, 6.45) is 4.43. The van der Waals surface area contributed by atoms with Gasteiger partial charge in [-0.2, -0.15) is 0 Å². The number of phenolic OH excluding ortho intramolecular Hbond substituents is 1. The molecule has 2 saturated carbocycles. The molecule has 0 bridgehead atoms. The molecule has 0 aliphatic heterocycles. The lowest BCUT2D eigenvalue weighted by Gasteiger charge is -2.50. The summed E-state index contributed by atoms with van der Waals surface area (Å²) in [5, 5.41) is 33.6. The molecule has 3 aromatic rings. The molecule has 3 aliphatic rings. The number of benzene rings is 2. The molecule has 0 radical (unpaired) electrons. The summed E-state index contributed by atoms with van der Waals surface area (Å²) in [5.41, 5.74) is 5.17. The first kappa shape index (κ1) is 21.4. The van der Waals surface area contributed by atoms with E-state index in [-0.39, 0.29) is 23.9 Å². The first-order valence-electron chi connectivity index (χ1n) is 12.0. The fourth-order valence-corrected chi connectivity index (χ4v) is 6.76. The van der Waals surface area contributed by atoms with Crippen molar-refractivity contribution in [2.75, 3.05) is 7.11 Å². The smallest absolute Gasteiger partial charge is 0.160 e. The van der Waals surface area contributed by atoms with Crippen molar-refractivity contribution < 1.29 is 24.4 Å². The van der Waals surface area contributed by atoms with E-state index in [1.807, 2.05) is 24.3 Å². The topological polar surface area (TPSA) is 110 Å². The molecule has 1 aromatic heterocycles. The second kappa shape index (κ2) is 7.98. The largest absolute Gasteiger partial charge is 0.504 e. The summed E-state index contributed by atoms with van der Waals surface area (Å²) in [6, 6.07) is 9.37. The number of rotatable bonds is 4. The van der Waals surface area contributed by atoms with Gasteiger partial charge in [0.25, 0.3) is 0 Å². The van der Waals surface area contributed by atoms with Crippen LogP contribution in [-0.4, -0.2) is 39.5 Å². The minimum atomic E-state index is -0.244. The number of nitrogens with zero attached hydrogens (tertiary/aromatic N) is 3. The fourth-order valence-electron chi connectivity index (χ4n) is 6.76. The van der Waals surface area contributed by atoms with Crippen molar-refractivity contribution >= 4 is 16.7 Å². The average Bonchev–Trinajstić information content (AvgIpc) is 3.42. The Morgan fingerprint density at radius 2 is 2.00 bits per heavy atom. The lowest BCUT2D eigenvalue weighted by atomic mass is 9.55. The van der Waals surface area contributed by atoms with Gasteiger partial charge in [0.1, 0.15) is 17.6 Å². The quantitative estimate of drug-likeness (QED) is 0.547. The van der Waals surface area contributed by atoms with E-state index in [4.69, 9.17) is 14.2 Å². The van der Waals surface area contributed by atoms with E-state index in [2.05, 4.69) is 22.4 Å². The lowest BCUT2D eigenvalue weighted by molar-refractivity contribution is -0.0180. The molecule has 0 saturated heterocycles. The Morgan fingerprint density at radius 3 is 2.85 bits per heavy atom. The Bertz CT molecular complexity index is 1270. The van der Waals surface area contributed by atoms with Crippen LogP contribution in [0.4, 0.5) is 0 Å². The molecule has 2 aromatic carbocycles. The van der Waals surface area contributed by atoms with Crippen LogP contribution < -0.4 is 4.74 Å². The third-order valence-electron chi connectivity index (χ3n) is 8.60. The van der Waals surface area contributed by atoms with Gasteiger partial charge in [-0.3, -0.25) is 0 Å². The van der Waals surface area contributed by atoms with E-state index in [0.29, 0.717) is 34.5 Å². The zero-order valence-electron chi connectivity index (χ0n) is 19.4. The summed E-state index contributed by atoms with van der Waals surface area (Å²) in [6.45, 7) is 2.54. The van der Waals surface area contributed by atoms with E-state index in [0.717, 1.165) is 54.5 Å². The SMILES string of the molecule is COc1cc2c(cc1O)C(=NOCc1ccc3nonc3c1)C[C@@H]1[C@@H]2CC[C@]2(C)[C@H](O)CC[C@@H]12. The van der Waals surface area contributed by atoms with Crippen LogP contribution in [0.5, 0.6) is 11.5 Å². The molecule has 3 aliphatic carbocycles. The van der Waals surface area contributed by atoms with Crippen molar-refractivity contribution in [2.24, 2.45) is 22.4 Å².